The molecule has 0 amide bonds. The van der Waals surface area contributed by atoms with E-state index in [0.29, 0.717) is 0 Å². The summed E-state index contributed by atoms with van der Waals surface area (Å²) in [6, 6.07) is 33.3. The van der Waals surface area contributed by atoms with Gasteiger partial charge in [0.25, 0.3) is 0 Å². The maximum Gasteiger partial charge on any atom is 0.0695 e. The fourth-order valence-electron chi connectivity index (χ4n) is 3.66. The van der Waals surface area contributed by atoms with Gasteiger partial charge in [-0.1, -0.05) is 59.7 Å². The van der Waals surface area contributed by atoms with Crippen molar-refractivity contribution in [2.45, 2.75) is 13.8 Å². The van der Waals surface area contributed by atoms with Gasteiger partial charge in [-0.3, -0.25) is 9.68 Å². The molecule has 0 heterocycles. The Balaban J connectivity index is 1.54. The van der Waals surface area contributed by atoms with Gasteiger partial charge in [0.2, 0.25) is 0 Å². The minimum absolute atomic E-state index is 0.974. The third-order valence-corrected chi connectivity index (χ3v) is 5.44. The Labute approximate surface area is 190 Å². The van der Waals surface area contributed by atoms with E-state index in [1.54, 1.807) is 14.2 Å². The predicted octanol–water partition coefficient (Wildman–Crippen LogP) is 7.37. The van der Waals surface area contributed by atoms with Gasteiger partial charge in [0.1, 0.15) is 0 Å². The van der Waals surface area contributed by atoms with Crippen molar-refractivity contribution in [3.63, 3.8) is 0 Å². The summed E-state index contributed by atoms with van der Waals surface area (Å²) in [6.45, 7) is 4.15. The number of hydrogen-bond acceptors (Lipinski definition) is 4. The molecule has 0 spiro atoms. The van der Waals surface area contributed by atoms with Crippen molar-refractivity contribution in [1.29, 1.82) is 0 Å². The molecule has 162 valence electrons. The van der Waals surface area contributed by atoms with Crippen LogP contribution in [0.25, 0.3) is 11.1 Å². The summed E-state index contributed by atoms with van der Waals surface area (Å²) in [5.41, 5.74) is 8.65. The normalized spacial score (nSPS) is 10.8. The number of nitrogens with zero attached hydrogens (tertiary/aromatic N) is 2. The highest BCUT2D eigenvalue weighted by Crippen LogP contribution is 2.31. The maximum atomic E-state index is 5.63. The van der Waals surface area contributed by atoms with Crippen LogP contribution in [0.3, 0.4) is 0 Å². The van der Waals surface area contributed by atoms with Gasteiger partial charge in [-0.25, -0.2) is 10.1 Å². The Morgan fingerprint density at radius 3 is 0.906 bits per heavy atom. The zero-order valence-electron chi connectivity index (χ0n) is 18.9. The number of rotatable bonds is 7. The number of hydrogen-bond donors (Lipinski definition) is 0. The zero-order chi connectivity index (χ0) is 22.5. The van der Waals surface area contributed by atoms with Gasteiger partial charge in [0.05, 0.1) is 37.0 Å². The molecule has 0 fully saturated rings. The molecule has 0 saturated heterocycles. The van der Waals surface area contributed by atoms with E-state index < -0.39 is 0 Å². The Bertz CT molecular complexity index is 1040. The molecule has 0 unspecified atom stereocenters. The summed E-state index contributed by atoms with van der Waals surface area (Å²) in [5.74, 6) is 0. The Morgan fingerprint density at radius 1 is 0.406 bits per heavy atom. The van der Waals surface area contributed by atoms with E-state index in [2.05, 4.69) is 111 Å². The molecule has 0 aliphatic heterocycles. The molecule has 4 aromatic rings. The second-order valence-electron chi connectivity index (χ2n) is 7.72. The monoisotopic (exact) mass is 424 g/mol. The molecule has 0 radical (unpaired) electrons. The van der Waals surface area contributed by atoms with Crippen LogP contribution in [0.1, 0.15) is 11.1 Å². The largest absolute Gasteiger partial charge is 0.272 e. The molecule has 0 aliphatic rings. The smallest absolute Gasteiger partial charge is 0.0695 e. The quantitative estimate of drug-likeness (QED) is 0.289. The molecule has 0 bridgehead atoms. The lowest BCUT2D eigenvalue weighted by Crippen LogP contribution is -2.14. The van der Waals surface area contributed by atoms with Crippen molar-refractivity contribution >= 4 is 22.7 Å². The van der Waals surface area contributed by atoms with Crippen LogP contribution in [0, 0.1) is 13.8 Å². The fourth-order valence-corrected chi connectivity index (χ4v) is 3.66. The number of aryl methyl sites for hydroxylation is 2. The van der Waals surface area contributed by atoms with Crippen molar-refractivity contribution < 1.29 is 9.68 Å². The molecule has 4 heteroatoms. The fraction of sp³-hybridized carbons (Fsp3) is 0.143. The molecule has 0 N–H and O–H groups in total. The van der Waals surface area contributed by atoms with E-state index in [1.807, 2.05) is 10.1 Å². The van der Waals surface area contributed by atoms with E-state index in [-0.39, 0.29) is 0 Å². The molecule has 32 heavy (non-hydrogen) atoms. The summed E-state index contributed by atoms with van der Waals surface area (Å²) < 4.78 is 0. The van der Waals surface area contributed by atoms with Crippen LogP contribution in [-0.4, -0.2) is 14.2 Å². The molecule has 4 rings (SSSR count). The molecule has 0 atom stereocenters. The summed E-state index contributed by atoms with van der Waals surface area (Å²) in [4.78, 5) is 11.3. The van der Waals surface area contributed by atoms with E-state index >= 15 is 0 Å². The second-order valence-corrected chi connectivity index (χ2v) is 7.72. The number of anilines is 4. The highest BCUT2D eigenvalue weighted by molar-refractivity contribution is 5.71. The lowest BCUT2D eigenvalue weighted by atomic mass is 10.0. The first-order valence-electron chi connectivity index (χ1n) is 10.6. The molecule has 0 saturated carbocycles. The van der Waals surface area contributed by atoms with Gasteiger partial charge >= 0.3 is 0 Å². The van der Waals surface area contributed by atoms with Crippen LogP contribution in [0.2, 0.25) is 0 Å². The third-order valence-electron chi connectivity index (χ3n) is 5.44. The molecule has 0 aliphatic carbocycles. The van der Waals surface area contributed by atoms with Crippen LogP contribution >= 0.6 is 0 Å². The van der Waals surface area contributed by atoms with E-state index in [0.717, 1.165) is 33.9 Å². The van der Waals surface area contributed by atoms with Crippen LogP contribution in [-0.2, 0) is 9.68 Å². The predicted molar refractivity (Wildman–Crippen MR) is 133 cm³/mol. The first kappa shape index (κ1) is 21.6. The van der Waals surface area contributed by atoms with Gasteiger partial charge in [-0.05, 0) is 73.5 Å². The van der Waals surface area contributed by atoms with Gasteiger partial charge in [0, 0.05) is 0 Å². The van der Waals surface area contributed by atoms with E-state index in [9.17, 15) is 0 Å². The van der Waals surface area contributed by atoms with Gasteiger partial charge in [-0.2, -0.15) is 0 Å². The third kappa shape index (κ3) is 4.67. The molecular weight excluding hydrogens is 396 g/mol. The summed E-state index contributed by atoms with van der Waals surface area (Å²) in [6.07, 6.45) is 0. The summed E-state index contributed by atoms with van der Waals surface area (Å²) >= 11 is 0. The standard InChI is InChI=1S/C28H28N2O2/c1-21-5-13-25(14-6-21)29(31-3)27-17-9-23(10-18-27)24-11-19-28(20-12-24)30(32-4)26-15-7-22(2)8-16-26/h5-20H,1-4H3. The minimum atomic E-state index is 0.974. The second kappa shape index (κ2) is 9.69. The van der Waals surface area contributed by atoms with Crippen molar-refractivity contribution in [2.24, 2.45) is 0 Å². The highest BCUT2D eigenvalue weighted by atomic mass is 16.7. The molecule has 4 nitrogen and oxygen atoms in total. The molecule has 4 aromatic carbocycles. The summed E-state index contributed by atoms with van der Waals surface area (Å²) in [7, 11) is 3.37. The maximum absolute atomic E-state index is 5.63. The van der Waals surface area contributed by atoms with Gasteiger partial charge < -0.3 is 0 Å². The lowest BCUT2D eigenvalue weighted by Gasteiger charge is -2.23. The first-order valence-corrected chi connectivity index (χ1v) is 10.6. The highest BCUT2D eigenvalue weighted by Gasteiger charge is 2.11. The number of benzene rings is 4. The average molecular weight is 425 g/mol. The minimum Gasteiger partial charge on any atom is -0.272 e. The lowest BCUT2D eigenvalue weighted by molar-refractivity contribution is 0.201. The van der Waals surface area contributed by atoms with Crippen molar-refractivity contribution in [1.82, 2.24) is 0 Å². The van der Waals surface area contributed by atoms with Crippen molar-refractivity contribution in [2.75, 3.05) is 24.3 Å². The van der Waals surface area contributed by atoms with Crippen LogP contribution in [0.4, 0.5) is 22.7 Å². The first-order chi connectivity index (χ1) is 15.6. The average Bonchev–Trinajstić information content (AvgIpc) is 2.83. The van der Waals surface area contributed by atoms with Crippen molar-refractivity contribution in [3.8, 4) is 11.1 Å². The Hall–Kier alpha value is -3.60. The van der Waals surface area contributed by atoms with Crippen molar-refractivity contribution in [3.05, 3.63) is 108 Å². The van der Waals surface area contributed by atoms with E-state index in [4.69, 9.17) is 9.68 Å². The molecular formula is C28H28N2O2. The van der Waals surface area contributed by atoms with E-state index in [1.165, 1.54) is 11.1 Å². The summed E-state index contributed by atoms with van der Waals surface area (Å²) in [5, 5.41) is 3.65. The van der Waals surface area contributed by atoms with Gasteiger partial charge in [-0.15, -0.1) is 0 Å². The zero-order valence-corrected chi connectivity index (χ0v) is 18.9. The van der Waals surface area contributed by atoms with Crippen LogP contribution < -0.4 is 10.1 Å². The van der Waals surface area contributed by atoms with Crippen LogP contribution in [0.15, 0.2) is 97.1 Å². The van der Waals surface area contributed by atoms with Crippen LogP contribution in [0.5, 0.6) is 0 Å². The topological polar surface area (TPSA) is 24.9 Å². The Morgan fingerprint density at radius 2 is 0.656 bits per heavy atom. The van der Waals surface area contributed by atoms with Gasteiger partial charge in [0.15, 0.2) is 0 Å². The molecule has 0 aromatic heterocycles. The SMILES string of the molecule is CON(c1ccc(C)cc1)c1ccc(-c2ccc(N(OC)c3ccc(C)cc3)cc2)cc1. The Kier molecular flexibility index (Phi) is 6.55.